The summed E-state index contributed by atoms with van der Waals surface area (Å²) in [5.41, 5.74) is 0. The highest BCUT2D eigenvalue weighted by Gasteiger charge is 2.11. The van der Waals surface area contributed by atoms with E-state index in [-0.39, 0.29) is 0 Å². The predicted octanol–water partition coefficient (Wildman–Crippen LogP) is 15.9. The summed E-state index contributed by atoms with van der Waals surface area (Å²) >= 11 is 0. The van der Waals surface area contributed by atoms with E-state index >= 15 is 0 Å². The van der Waals surface area contributed by atoms with E-state index in [0.717, 1.165) is 73.0 Å². The van der Waals surface area contributed by atoms with Gasteiger partial charge in [0.15, 0.2) is 0 Å². The third kappa shape index (κ3) is 43.7. The topological polar surface area (TPSA) is 17.1 Å². The average Bonchev–Trinajstić information content (AvgIpc) is 2.92. The molecule has 0 aromatic carbocycles. The van der Waals surface area contributed by atoms with Gasteiger partial charge in [-0.3, -0.25) is 4.79 Å². The highest BCUT2D eigenvalue weighted by atomic mass is 16.1. The van der Waals surface area contributed by atoms with Gasteiger partial charge in [0.1, 0.15) is 5.78 Å². The Morgan fingerprint density at radius 3 is 1.07 bits per heavy atom. The van der Waals surface area contributed by atoms with Crippen molar-refractivity contribution in [2.45, 2.75) is 232 Å². The number of hydrogen-bond acceptors (Lipinski definition) is 1. The van der Waals surface area contributed by atoms with E-state index in [1.54, 1.807) is 0 Å². The molecule has 0 radical (unpaired) electrons. The molecule has 0 N–H and O–H groups in total. The Kier molecular flexibility index (Phi) is 38.1. The van der Waals surface area contributed by atoms with Crippen LogP contribution in [0.5, 0.6) is 0 Å². The molecule has 0 aromatic heterocycles. The molecule has 0 spiro atoms. The first-order chi connectivity index (χ1) is 21.2. The molecule has 0 aliphatic carbocycles. The normalized spacial score (nSPS) is 14.8. The lowest BCUT2D eigenvalue weighted by Gasteiger charge is -2.17. The second-order valence-electron chi connectivity index (χ2n) is 17.1. The van der Waals surface area contributed by atoms with Crippen molar-refractivity contribution >= 4 is 5.78 Å². The zero-order valence-corrected chi connectivity index (χ0v) is 34.4. The molecule has 45 heavy (non-hydrogen) atoms. The van der Waals surface area contributed by atoms with Crippen LogP contribution in [0.2, 0.25) is 0 Å². The van der Waals surface area contributed by atoms with Gasteiger partial charge in [0.25, 0.3) is 0 Å². The van der Waals surface area contributed by atoms with Crippen molar-refractivity contribution in [3.05, 3.63) is 0 Å². The van der Waals surface area contributed by atoms with Crippen LogP contribution in [0.15, 0.2) is 0 Å². The maximum absolute atomic E-state index is 11.5. The van der Waals surface area contributed by atoms with Crippen molar-refractivity contribution in [3.63, 3.8) is 0 Å². The van der Waals surface area contributed by atoms with Gasteiger partial charge in [-0.15, -0.1) is 0 Å². The number of carbonyl (C=O) groups is 1. The maximum atomic E-state index is 11.5. The number of rotatable bonds is 27. The Bertz CT molecular complexity index is 576. The first-order valence-corrected chi connectivity index (χ1v) is 20.7. The van der Waals surface area contributed by atoms with E-state index in [1.807, 2.05) is 0 Å². The monoisotopic (exact) mass is 637 g/mol. The second kappa shape index (κ2) is 35.0. The average molecular weight is 637 g/mol. The number of unbranched alkanes of at least 4 members (excludes halogenated alkanes) is 1. The fourth-order valence-electron chi connectivity index (χ4n) is 6.71. The van der Waals surface area contributed by atoms with Crippen molar-refractivity contribution in [2.24, 2.45) is 47.3 Å². The Morgan fingerprint density at radius 2 is 0.711 bits per heavy atom. The van der Waals surface area contributed by atoms with Crippen molar-refractivity contribution < 1.29 is 4.79 Å². The minimum atomic E-state index is 0.458. The van der Waals surface area contributed by atoms with E-state index in [1.165, 1.54) is 109 Å². The molecule has 0 bridgehead atoms. The van der Waals surface area contributed by atoms with Gasteiger partial charge in [-0.25, -0.2) is 0 Å². The molecule has 5 atom stereocenters. The Balaban J connectivity index is -0.000000607. The highest BCUT2D eigenvalue weighted by molar-refractivity contribution is 5.78. The summed E-state index contributed by atoms with van der Waals surface area (Å²) in [5.74, 6) is 7.55. The van der Waals surface area contributed by atoms with Crippen LogP contribution >= 0.6 is 0 Å². The summed E-state index contributed by atoms with van der Waals surface area (Å²) in [5, 5.41) is 0. The largest absolute Gasteiger partial charge is 0.300 e. The van der Waals surface area contributed by atoms with Gasteiger partial charge in [0.05, 0.1) is 0 Å². The first kappa shape index (κ1) is 49.1. The molecule has 5 unspecified atom stereocenters. The first-order valence-electron chi connectivity index (χ1n) is 20.7. The van der Waals surface area contributed by atoms with Crippen LogP contribution in [0.4, 0.5) is 0 Å². The maximum Gasteiger partial charge on any atom is 0.132 e. The van der Waals surface area contributed by atoms with E-state index in [0.29, 0.717) is 5.78 Å². The molecule has 274 valence electrons. The minimum absolute atomic E-state index is 0.458. The summed E-state index contributed by atoms with van der Waals surface area (Å²) in [6, 6.07) is 0. The summed E-state index contributed by atoms with van der Waals surface area (Å²) in [7, 11) is 0. The van der Waals surface area contributed by atoms with E-state index < -0.39 is 0 Å². The SMILES string of the molecule is CCCC(=O)CCCC(C)CC(C)CCCC(C)C.CCCC(C)CC(C)CCCC(C)C.CCCCC(C)CCCC(C)C. The van der Waals surface area contributed by atoms with Crippen LogP contribution in [0, 0.1) is 47.3 Å². The molecule has 0 heterocycles. The van der Waals surface area contributed by atoms with Crippen LogP contribution < -0.4 is 0 Å². The van der Waals surface area contributed by atoms with Gasteiger partial charge in [0, 0.05) is 12.8 Å². The van der Waals surface area contributed by atoms with Gasteiger partial charge in [0.2, 0.25) is 0 Å². The molecule has 0 aliphatic heterocycles. The van der Waals surface area contributed by atoms with Gasteiger partial charge in [-0.1, -0.05) is 193 Å². The number of hydrogen-bond donors (Lipinski definition) is 0. The molecule has 0 aliphatic rings. The van der Waals surface area contributed by atoms with Crippen molar-refractivity contribution in [2.75, 3.05) is 0 Å². The lowest BCUT2D eigenvalue weighted by atomic mass is 9.89. The van der Waals surface area contributed by atoms with Gasteiger partial charge >= 0.3 is 0 Å². The van der Waals surface area contributed by atoms with Gasteiger partial charge in [-0.05, 0) is 73.0 Å². The molecule has 1 heteroatoms. The minimum Gasteiger partial charge on any atom is -0.300 e. The van der Waals surface area contributed by atoms with Crippen LogP contribution in [0.3, 0.4) is 0 Å². The van der Waals surface area contributed by atoms with Gasteiger partial charge < -0.3 is 0 Å². The van der Waals surface area contributed by atoms with Crippen LogP contribution in [-0.2, 0) is 4.79 Å². The van der Waals surface area contributed by atoms with E-state index in [4.69, 9.17) is 0 Å². The Labute approximate surface area is 289 Å². The fraction of sp³-hybridized carbons (Fsp3) is 0.977. The zero-order valence-electron chi connectivity index (χ0n) is 34.4. The zero-order chi connectivity index (χ0) is 35.0. The fourth-order valence-corrected chi connectivity index (χ4v) is 6.71. The summed E-state index contributed by atoms with van der Waals surface area (Å²) < 4.78 is 0. The molecular weight excluding hydrogens is 544 g/mol. The third-order valence-corrected chi connectivity index (χ3v) is 9.56. The molecule has 1 nitrogen and oxygen atoms in total. The molecule has 0 saturated carbocycles. The van der Waals surface area contributed by atoms with Gasteiger partial charge in [-0.2, -0.15) is 0 Å². The number of ketones is 1. The highest BCUT2D eigenvalue weighted by Crippen LogP contribution is 2.23. The molecule has 0 rings (SSSR count). The number of Topliss-reactive ketones (excluding diaryl/α,β-unsaturated/α-hetero) is 1. The molecule has 0 amide bonds. The van der Waals surface area contributed by atoms with E-state index in [2.05, 4.69) is 96.9 Å². The smallest absolute Gasteiger partial charge is 0.132 e. The quantitative estimate of drug-likeness (QED) is 0.0876. The lowest BCUT2D eigenvalue weighted by Crippen LogP contribution is -2.05. The third-order valence-electron chi connectivity index (χ3n) is 9.56. The standard InChI is InChI=1S/C18H36O.C14H30.C12H26/c1-6-9-18(19)13-8-12-17(5)14-16(4)11-7-10-15(2)3;1-6-8-13(4)11-14(5)10-7-9-12(2)3;1-5-6-9-12(4)10-7-8-11(2)3/h15-17H,6-14H2,1-5H3;12-14H,6-11H2,1-5H3;11-12H,5-10H2,1-4H3. The molecule has 0 aromatic rings. The molecule has 0 saturated heterocycles. The lowest BCUT2D eigenvalue weighted by molar-refractivity contribution is -0.119. The van der Waals surface area contributed by atoms with Crippen molar-refractivity contribution in [3.8, 4) is 0 Å². The van der Waals surface area contributed by atoms with Crippen molar-refractivity contribution in [1.82, 2.24) is 0 Å². The Hall–Kier alpha value is -0.330. The van der Waals surface area contributed by atoms with Crippen LogP contribution in [0.25, 0.3) is 0 Å². The second-order valence-corrected chi connectivity index (χ2v) is 17.1. The van der Waals surface area contributed by atoms with Crippen LogP contribution in [0.1, 0.15) is 232 Å². The Morgan fingerprint density at radius 1 is 0.356 bits per heavy atom. The van der Waals surface area contributed by atoms with Crippen molar-refractivity contribution in [1.29, 1.82) is 0 Å². The van der Waals surface area contributed by atoms with E-state index in [9.17, 15) is 4.79 Å². The molecule has 0 fully saturated rings. The summed E-state index contributed by atoms with van der Waals surface area (Å²) in [4.78, 5) is 11.5. The number of carbonyl (C=O) groups excluding carboxylic acids is 1. The summed E-state index contributed by atoms with van der Waals surface area (Å²) in [6.45, 7) is 32.5. The molecular formula is C44H92O. The van der Waals surface area contributed by atoms with Crippen LogP contribution in [-0.4, -0.2) is 5.78 Å². The predicted molar refractivity (Wildman–Crippen MR) is 209 cm³/mol. The summed E-state index contributed by atoms with van der Waals surface area (Å²) in [6.07, 6.45) is 27.3.